The van der Waals surface area contributed by atoms with Crippen LogP contribution in [0.3, 0.4) is 0 Å². The Morgan fingerprint density at radius 1 is 1.20 bits per heavy atom. The molecule has 0 spiro atoms. The first-order valence-electron chi connectivity index (χ1n) is 7.46. The molecule has 20 heavy (non-hydrogen) atoms. The number of piperidine rings is 1. The molecular weight excluding hydrogens is 250 g/mol. The molecule has 0 bridgehead atoms. The highest BCUT2D eigenvalue weighted by molar-refractivity contribution is 5.78. The molecule has 3 nitrogen and oxygen atoms in total. The molecule has 0 radical (unpaired) electrons. The van der Waals surface area contributed by atoms with Crippen molar-refractivity contribution in [3.05, 3.63) is 28.8 Å². The molecule has 1 saturated heterocycles. The Morgan fingerprint density at radius 2 is 1.80 bits per heavy atom. The summed E-state index contributed by atoms with van der Waals surface area (Å²) in [4.78, 5) is 14.1. The lowest BCUT2D eigenvalue weighted by atomic mass is 9.99. The number of likely N-dealkylation sites (tertiary alicyclic amines) is 1. The monoisotopic (exact) mass is 275 g/mol. The van der Waals surface area contributed by atoms with Crippen molar-refractivity contribution in [2.75, 3.05) is 19.7 Å². The van der Waals surface area contributed by atoms with E-state index >= 15 is 0 Å². The second-order valence-corrected chi connectivity index (χ2v) is 6.01. The van der Waals surface area contributed by atoms with Crippen LogP contribution >= 0.6 is 0 Å². The summed E-state index contributed by atoms with van der Waals surface area (Å²) in [5, 5.41) is 0. The molecule has 0 N–H and O–H groups in total. The van der Waals surface area contributed by atoms with Gasteiger partial charge in [-0.25, -0.2) is 0 Å². The maximum absolute atomic E-state index is 12.2. The molecule has 2 rings (SSSR count). The zero-order valence-electron chi connectivity index (χ0n) is 13.0. The summed E-state index contributed by atoms with van der Waals surface area (Å²) in [6, 6.07) is 4.14. The second-order valence-electron chi connectivity index (χ2n) is 6.01. The molecule has 1 aliphatic rings. The van der Waals surface area contributed by atoms with Crippen molar-refractivity contribution in [3.8, 4) is 5.75 Å². The SMILES string of the molecule is Cc1ccc(C)c(OCC(=O)N2CCC(C)CC2)c1C. The predicted molar refractivity (Wildman–Crippen MR) is 81.1 cm³/mol. The number of hydrogen-bond acceptors (Lipinski definition) is 2. The molecule has 1 fully saturated rings. The van der Waals surface area contributed by atoms with Crippen LogP contribution in [0.1, 0.15) is 36.5 Å². The van der Waals surface area contributed by atoms with Gasteiger partial charge in [-0.15, -0.1) is 0 Å². The minimum absolute atomic E-state index is 0.109. The zero-order chi connectivity index (χ0) is 14.7. The van der Waals surface area contributed by atoms with Crippen LogP contribution in [0.2, 0.25) is 0 Å². The minimum atomic E-state index is 0.109. The van der Waals surface area contributed by atoms with E-state index in [1.165, 1.54) is 5.56 Å². The van der Waals surface area contributed by atoms with Crippen LogP contribution in [-0.4, -0.2) is 30.5 Å². The third-order valence-corrected chi connectivity index (χ3v) is 4.35. The highest BCUT2D eigenvalue weighted by Gasteiger charge is 2.21. The van der Waals surface area contributed by atoms with Crippen LogP contribution in [0, 0.1) is 26.7 Å². The van der Waals surface area contributed by atoms with Crippen molar-refractivity contribution in [1.29, 1.82) is 0 Å². The topological polar surface area (TPSA) is 29.5 Å². The molecule has 1 amide bonds. The van der Waals surface area contributed by atoms with Gasteiger partial charge in [0.25, 0.3) is 5.91 Å². The van der Waals surface area contributed by atoms with Crippen molar-refractivity contribution in [2.45, 2.75) is 40.5 Å². The van der Waals surface area contributed by atoms with E-state index in [9.17, 15) is 4.79 Å². The van der Waals surface area contributed by atoms with Crippen LogP contribution in [0.4, 0.5) is 0 Å². The Labute approximate surface area is 121 Å². The molecule has 0 unspecified atom stereocenters. The van der Waals surface area contributed by atoms with Crippen LogP contribution in [0.25, 0.3) is 0 Å². The summed E-state index contributed by atoms with van der Waals surface area (Å²) in [6.07, 6.45) is 2.21. The molecule has 0 aromatic heterocycles. The first kappa shape index (κ1) is 14.9. The standard InChI is InChI=1S/C17H25NO2/c1-12-7-9-18(10-8-12)16(19)11-20-17-14(3)6-5-13(2)15(17)4/h5-6,12H,7-11H2,1-4H3. The average Bonchev–Trinajstić information content (AvgIpc) is 2.43. The zero-order valence-corrected chi connectivity index (χ0v) is 13.0. The number of benzene rings is 1. The van der Waals surface area contributed by atoms with Gasteiger partial charge in [0.05, 0.1) is 0 Å². The molecule has 1 aromatic rings. The number of carbonyl (C=O) groups excluding carboxylic acids is 1. The maximum atomic E-state index is 12.2. The van der Waals surface area contributed by atoms with Gasteiger partial charge in [0.1, 0.15) is 5.75 Å². The molecular formula is C17H25NO2. The van der Waals surface area contributed by atoms with Gasteiger partial charge in [0.2, 0.25) is 0 Å². The van der Waals surface area contributed by atoms with Crippen LogP contribution < -0.4 is 4.74 Å². The van der Waals surface area contributed by atoms with Gasteiger partial charge in [0, 0.05) is 13.1 Å². The van der Waals surface area contributed by atoms with E-state index < -0.39 is 0 Å². The number of amides is 1. The lowest BCUT2D eigenvalue weighted by molar-refractivity contribution is -0.134. The van der Waals surface area contributed by atoms with Crippen LogP contribution in [0.15, 0.2) is 12.1 Å². The van der Waals surface area contributed by atoms with Crippen molar-refractivity contribution >= 4 is 5.91 Å². The average molecular weight is 275 g/mol. The predicted octanol–water partition coefficient (Wildman–Crippen LogP) is 3.25. The van der Waals surface area contributed by atoms with Crippen molar-refractivity contribution in [2.24, 2.45) is 5.92 Å². The van der Waals surface area contributed by atoms with Gasteiger partial charge in [0.15, 0.2) is 6.61 Å². The fourth-order valence-electron chi connectivity index (χ4n) is 2.63. The fourth-order valence-corrected chi connectivity index (χ4v) is 2.63. The van der Waals surface area contributed by atoms with Crippen molar-refractivity contribution in [3.63, 3.8) is 0 Å². The smallest absolute Gasteiger partial charge is 0.260 e. The lowest BCUT2D eigenvalue weighted by Gasteiger charge is -2.30. The van der Waals surface area contributed by atoms with Gasteiger partial charge in [-0.3, -0.25) is 4.79 Å². The Hall–Kier alpha value is -1.51. The summed E-state index contributed by atoms with van der Waals surface area (Å²) in [7, 11) is 0. The highest BCUT2D eigenvalue weighted by Crippen LogP contribution is 2.26. The van der Waals surface area contributed by atoms with Gasteiger partial charge >= 0.3 is 0 Å². The Morgan fingerprint density at radius 3 is 2.45 bits per heavy atom. The van der Waals surface area contributed by atoms with Gasteiger partial charge in [-0.1, -0.05) is 19.1 Å². The van der Waals surface area contributed by atoms with E-state index in [0.29, 0.717) is 0 Å². The van der Waals surface area contributed by atoms with E-state index in [-0.39, 0.29) is 12.5 Å². The normalized spacial score (nSPS) is 16.3. The summed E-state index contributed by atoms with van der Waals surface area (Å²) in [6.45, 7) is 10.3. The third kappa shape index (κ3) is 3.33. The lowest BCUT2D eigenvalue weighted by Crippen LogP contribution is -2.40. The van der Waals surface area contributed by atoms with E-state index in [4.69, 9.17) is 4.74 Å². The summed E-state index contributed by atoms with van der Waals surface area (Å²) in [5.74, 6) is 1.71. The number of hydrogen-bond donors (Lipinski definition) is 0. The van der Waals surface area contributed by atoms with Crippen molar-refractivity contribution in [1.82, 2.24) is 4.90 Å². The third-order valence-electron chi connectivity index (χ3n) is 4.35. The number of nitrogens with zero attached hydrogens (tertiary/aromatic N) is 1. The summed E-state index contributed by atoms with van der Waals surface area (Å²) < 4.78 is 5.80. The Kier molecular flexibility index (Phi) is 4.69. The molecule has 3 heteroatoms. The minimum Gasteiger partial charge on any atom is -0.483 e. The van der Waals surface area contributed by atoms with E-state index in [1.807, 2.05) is 24.8 Å². The van der Waals surface area contributed by atoms with Gasteiger partial charge in [-0.2, -0.15) is 0 Å². The Bertz CT molecular complexity index is 488. The van der Waals surface area contributed by atoms with E-state index in [1.54, 1.807) is 0 Å². The first-order chi connectivity index (χ1) is 9.49. The fraction of sp³-hybridized carbons (Fsp3) is 0.588. The molecule has 0 saturated carbocycles. The summed E-state index contributed by atoms with van der Waals surface area (Å²) in [5.41, 5.74) is 3.42. The second kappa shape index (κ2) is 6.29. The molecule has 110 valence electrons. The van der Waals surface area contributed by atoms with Crippen LogP contribution in [0.5, 0.6) is 5.75 Å². The van der Waals surface area contributed by atoms with Gasteiger partial charge in [-0.05, 0) is 56.2 Å². The molecule has 0 atom stereocenters. The van der Waals surface area contributed by atoms with E-state index in [2.05, 4.69) is 19.9 Å². The van der Waals surface area contributed by atoms with Gasteiger partial charge < -0.3 is 9.64 Å². The molecule has 1 aliphatic heterocycles. The molecule has 0 aliphatic carbocycles. The first-order valence-corrected chi connectivity index (χ1v) is 7.46. The Balaban J connectivity index is 1.95. The molecule has 1 aromatic carbocycles. The molecule has 1 heterocycles. The number of ether oxygens (including phenoxy) is 1. The highest BCUT2D eigenvalue weighted by atomic mass is 16.5. The quantitative estimate of drug-likeness (QED) is 0.847. The largest absolute Gasteiger partial charge is 0.483 e. The van der Waals surface area contributed by atoms with Crippen molar-refractivity contribution < 1.29 is 9.53 Å². The van der Waals surface area contributed by atoms with E-state index in [0.717, 1.165) is 48.7 Å². The number of rotatable bonds is 3. The number of carbonyl (C=O) groups is 1. The van der Waals surface area contributed by atoms with Crippen LogP contribution in [-0.2, 0) is 4.79 Å². The number of aryl methyl sites for hydroxylation is 2. The summed E-state index contributed by atoms with van der Waals surface area (Å²) >= 11 is 0. The maximum Gasteiger partial charge on any atom is 0.260 e.